The lowest BCUT2D eigenvalue weighted by atomic mass is 10.1. The molecule has 2 unspecified atom stereocenters. The number of alkyl halides is 3. The zero-order valence-corrected chi connectivity index (χ0v) is 15.8. The van der Waals surface area contributed by atoms with E-state index in [1.807, 2.05) is 0 Å². The third-order valence-electron chi connectivity index (χ3n) is 1.65. The lowest BCUT2D eigenvalue weighted by molar-refractivity contribution is 0.276. The van der Waals surface area contributed by atoms with Gasteiger partial charge in [-0.2, -0.15) is 0 Å². The maximum atomic E-state index is 6.20. The Morgan fingerprint density at radius 1 is 1.07 bits per heavy atom. The van der Waals surface area contributed by atoms with Crippen molar-refractivity contribution >= 4 is 110 Å². The summed E-state index contributed by atoms with van der Waals surface area (Å²) >= 11 is 36.6. The molecule has 0 saturated carbocycles. The van der Waals surface area contributed by atoms with Crippen LogP contribution in [0.5, 0.6) is 0 Å². The Labute approximate surface area is 140 Å². The first kappa shape index (κ1) is 15.6. The van der Waals surface area contributed by atoms with Crippen molar-refractivity contribution in [2.75, 3.05) is 0 Å². The fourth-order valence-electron chi connectivity index (χ4n) is 0.833. The largest absolute Gasteiger partial charge is 0.281 e. The number of hydrogen-bond donors (Lipinski definition) is 0. The highest BCUT2D eigenvalue weighted by Gasteiger charge is 2.57. The summed E-state index contributed by atoms with van der Waals surface area (Å²) in [6.45, 7) is 0. The van der Waals surface area contributed by atoms with Gasteiger partial charge in [-0.1, -0.05) is 62.3 Å². The minimum Gasteiger partial charge on any atom is -0.281 e. The molecule has 1 aliphatic rings. The molecule has 0 aromatic heterocycles. The zero-order valence-electron chi connectivity index (χ0n) is 6.43. The second-order valence-electron chi connectivity index (χ2n) is 2.50. The normalized spacial score (nSPS) is 37.6. The second-order valence-corrected chi connectivity index (χ2v) is 8.08. The van der Waals surface area contributed by atoms with Crippen molar-refractivity contribution in [2.45, 2.75) is 8.29 Å². The van der Waals surface area contributed by atoms with E-state index in [1.165, 1.54) is 0 Å². The Bertz CT molecular complexity index is 366. The Morgan fingerprint density at radius 3 is 1.93 bits per heavy atom. The third-order valence-corrected chi connectivity index (χ3v) is 9.35. The minimum atomic E-state index is -1.28. The molecule has 9 heteroatoms. The summed E-state index contributed by atoms with van der Waals surface area (Å²) in [7, 11) is 0. The Balaban J connectivity index is 3.50. The van der Waals surface area contributed by atoms with E-state index in [9.17, 15) is 0 Å². The highest BCUT2D eigenvalue weighted by molar-refractivity contribution is 9.15. The molecule has 0 aromatic rings. The molecule has 0 spiro atoms. The van der Waals surface area contributed by atoms with Crippen LogP contribution < -0.4 is 0 Å². The van der Waals surface area contributed by atoms with E-state index < -0.39 is 8.29 Å². The van der Waals surface area contributed by atoms with Crippen LogP contribution in [0.2, 0.25) is 0 Å². The molecule has 1 aliphatic carbocycles. The van der Waals surface area contributed by atoms with Crippen LogP contribution in [0.15, 0.2) is 19.6 Å². The van der Waals surface area contributed by atoms with Gasteiger partial charge in [0, 0.05) is 0 Å². The Kier molecular flexibility index (Phi) is 5.46. The van der Waals surface area contributed by atoms with Crippen LogP contribution in [-0.2, 0) is 3.83 Å². The molecular weight excluding hydrogens is 549 g/mol. The van der Waals surface area contributed by atoms with Gasteiger partial charge < -0.3 is 0 Å². The monoisotopic (exact) mass is 544 g/mol. The molecule has 0 aromatic carbocycles. The van der Waals surface area contributed by atoms with Gasteiger partial charge in [0.1, 0.15) is 16.3 Å². The van der Waals surface area contributed by atoms with Crippen LogP contribution in [0.4, 0.5) is 0 Å². The smallest absolute Gasteiger partial charge is 0.203 e. The minimum absolute atomic E-state index is 0.121. The molecule has 0 bridgehead atoms. The molecule has 15 heavy (non-hydrogen) atoms. The fraction of sp³-hybridized carbons (Fsp3) is 0.333. The van der Waals surface area contributed by atoms with Crippen molar-refractivity contribution in [2.24, 2.45) is 0 Å². The van der Waals surface area contributed by atoms with Gasteiger partial charge in [0.05, 0.1) is 19.6 Å². The average molecular weight is 549 g/mol. The van der Waals surface area contributed by atoms with E-state index in [0.717, 1.165) is 0 Å². The van der Waals surface area contributed by atoms with Crippen LogP contribution >= 0.6 is 110 Å². The van der Waals surface area contributed by atoms with E-state index in [1.54, 1.807) is 0 Å². The summed E-state index contributed by atoms with van der Waals surface area (Å²) in [5, 5.41) is 0.487. The number of rotatable bonds is 1. The number of allylic oxidation sites excluding steroid dienone is 2. The molecule has 0 radical (unpaired) electrons. The van der Waals surface area contributed by atoms with E-state index in [-0.39, 0.29) is 15.1 Å². The standard InChI is InChI=1S/C6Br4Cl4O/c7-3-1(11)2(12)4(13)5(8,14)6(3,9)15-10. The van der Waals surface area contributed by atoms with Gasteiger partial charge in [-0.3, -0.25) is 3.83 Å². The maximum Gasteiger partial charge on any atom is 0.203 e. The molecule has 0 aliphatic heterocycles. The van der Waals surface area contributed by atoms with Crippen molar-refractivity contribution in [3.05, 3.63) is 19.6 Å². The van der Waals surface area contributed by atoms with Gasteiger partial charge >= 0.3 is 0 Å². The number of halogens is 8. The predicted molar refractivity (Wildman–Crippen MR) is 79.7 cm³/mol. The highest BCUT2D eigenvalue weighted by Crippen LogP contribution is 2.61. The molecule has 2 atom stereocenters. The van der Waals surface area contributed by atoms with Crippen LogP contribution in [0, 0.1) is 0 Å². The first-order valence-electron chi connectivity index (χ1n) is 3.18. The fourth-order valence-corrected chi connectivity index (χ4v) is 5.07. The van der Waals surface area contributed by atoms with E-state index >= 15 is 0 Å². The lowest BCUT2D eigenvalue weighted by Gasteiger charge is -2.39. The first-order chi connectivity index (χ1) is 6.70. The van der Waals surface area contributed by atoms with Gasteiger partial charge in [0.15, 0.2) is 3.78 Å². The molecule has 86 valence electrons. The molecule has 0 fully saturated rings. The topological polar surface area (TPSA) is 9.23 Å². The van der Waals surface area contributed by atoms with Crippen LogP contribution in [-0.4, -0.2) is 8.29 Å². The summed E-state index contributed by atoms with van der Waals surface area (Å²) < 4.78 is 3.01. The molecular formula is C6Br4Cl4O. The van der Waals surface area contributed by atoms with Gasteiger partial charge in [-0.25, -0.2) is 0 Å². The van der Waals surface area contributed by atoms with Crippen LogP contribution in [0.25, 0.3) is 0 Å². The van der Waals surface area contributed by atoms with Gasteiger partial charge in [-0.15, -0.1) is 0 Å². The quantitative estimate of drug-likeness (QED) is 0.350. The number of hydrogen-bond acceptors (Lipinski definition) is 1. The SMILES string of the molecule is ClC1=C(Cl)C(Cl)(Br)C(Br)(OBr)C(Br)=C1Cl. The van der Waals surface area contributed by atoms with Crippen molar-refractivity contribution in [3.8, 4) is 0 Å². The molecule has 1 rings (SSSR count). The summed E-state index contributed by atoms with van der Waals surface area (Å²) in [5.41, 5.74) is 0. The summed E-state index contributed by atoms with van der Waals surface area (Å²) in [6.07, 6.45) is 0. The van der Waals surface area contributed by atoms with Crippen LogP contribution in [0.1, 0.15) is 0 Å². The van der Waals surface area contributed by atoms with E-state index in [2.05, 4.69) is 64.0 Å². The zero-order chi connectivity index (χ0) is 12.0. The van der Waals surface area contributed by atoms with Crippen molar-refractivity contribution in [1.82, 2.24) is 0 Å². The predicted octanol–water partition coefficient (Wildman–Crippen LogP) is 6.28. The van der Waals surface area contributed by atoms with Gasteiger partial charge in [-0.05, 0) is 31.9 Å². The van der Waals surface area contributed by atoms with Gasteiger partial charge in [0.25, 0.3) is 0 Å². The summed E-state index contributed by atoms with van der Waals surface area (Å²) in [4.78, 5) is 0. The summed E-state index contributed by atoms with van der Waals surface area (Å²) in [5.74, 6) is 0. The lowest BCUT2D eigenvalue weighted by Crippen LogP contribution is -2.44. The van der Waals surface area contributed by atoms with Crippen molar-refractivity contribution in [1.29, 1.82) is 0 Å². The Hall–Kier alpha value is 2.52. The summed E-state index contributed by atoms with van der Waals surface area (Å²) in [6, 6.07) is 0. The second kappa shape index (κ2) is 5.25. The molecule has 0 amide bonds. The average Bonchev–Trinajstić information content (AvgIpc) is 2.21. The highest BCUT2D eigenvalue weighted by atomic mass is 79.9. The van der Waals surface area contributed by atoms with Gasteiger partial charge in [0.2, 0.25) is 4.51 Å². The molecule has 0 N–H and O–H groups in total. The van der Waals surface area contributed by atoms with Crippen molar-refractivity contribution < 1.29 is 3.83 Å². The molecule has 0 saturated heterocycles. The first-order valence-corrected chi connectivity index (χ1v) is 7.72. The Morgan fingerprint density at radius 2 is 1.53 bits per heavy atom. The molecule has 1 nitrogen and oxygen atoms in total. The maximum absolute atomic E-state index is 6.20. The van der Waals surface area contributed by atoms with E-state index in [4.69, 9.17) is 50.2 Å². The van der Waals surface area contributed by atoms with Crippen LogP contribution in [0.3, 0.4) is 0 Å². The third kappa shape index (κ3) is 2.35. The van der Waals surface area contributed by atoms with E-state index in [0.29, 0.717) is 4.48 Å². The van der Waals surface area contributed by atoms with Crippen molar-refractivity contribution in [3.63, 3.8) is 0 Å². The molecule has 0 heterocycles.